The van der Waals surface area contributed by atoms with E-state index in [-0.39, 0.29) is 12.1 Å². The molecule has 1 unspecified atom stereocenters. The van der Waals surface area contributed by atoms with E-state index in [9.17, 15) is 23.2 Å². The molecule has 21 heavy (non-hydrogen) atoms. The maximum absolute atomic E-state index is 12.4. The average molecular weight is 296 g/mol. The number of amides is 1. The van der Waals surface area contributed by atoms with E-state index >= 15 is 0 Å². The molecule has 7 heteroatoms. The molecule has 1 heterocycles. The summed E-state index contributed by atoms with van der Waals surface area (Å²) in [7, 11) is 0. The van der Waals surface area contributed by atoms with Crippen LogP contribution in [0.1, 0.15) is 21.5 Å². The summed E-state index contributed by atoms with van der Waals surface area (Å²) in [5.41, 5.74) is -0.294. The summed E-state index contributed by atoms with van der Waals surface area (Å²) in [6.07, 6.45) is -1.49. The van der Waals surface area contributed by atoms with Gasteiger partial charge in [0.15, 0.2) is 0 Å². The fourth-order valence-corrected chi connectivity index (χ4v) is 1.74. The second kappa shape index (κ2) is 6.02. The number of carbonyl (C=O) groups is 1. The summed E-state index contributed by atoms with van der Waals surface area (Å²) in [6, 6.07) is 6.78. The van der Waals surface area contributed by atoms with Crippen molar-refractivity contribution in [2.24, 2.45) is 0 Å². The lowest BCUT2D eigenvalue weighted by atomic mass is 10.1. The molecule has 1 aromatic carbocycles. The van der Waals surface area contributed by atoms with Gasteiger partial charge in [-0.1, -0.05) is 0 Å². The summed E-state index contributed by atoms with van der Waals surface area (Å²) in [4.78, 5) is 15.6. The van der Waals surface area contributed by atoms with Gasteiger partial charge in [0.05, 0.1) is 11.1 Å². The van der Waals surface area contributed by atoms with Gasteiger partial charge in [0.1, 0.15) is 6.54 Å². The van der Waals surface area contributed by atoms with Crippen LogP contribution in [-0.2, 0) is 12.7 Å². The smallest absolute Gasteiger partial charge is 0.416 e. The molecule has 4 nitrogen and oxygen atoms in total. The Balaban J connectivity index is 2.09. The number of nitrogens with zero attached hydrogens (tertiary/aromatic N) is 1. The Morgan fingerprint density at radius 3 is 2.19 bits per heavy atom. The van der Waals surface area contributed by atoms with Gasteiger partial charge in [-0.25, -0.2) is 4.79 Å². The highest BCUT2D eigenvalue weighted by atomic mass is 19.4. The van der Waals surface area contributed by atoms with E-state index in [1.165, 1.54) is 12.4 Å². The number of pyridine rings is 1. The summed E-state index contributed by atoms with van der Waals surface area (Å²) < 4.78 is 37.2. The number of carbonyl (C=O) groups excluding carboxylic acids is 1. The normalized spacial score (nSPS) is 13.0. The van der Waals surface area contributed by atoms with Crippen molar-refractivity contribution in [1.82, 2.24) is 4.98 Å². The molecule has 0 bridgehead atoms. The predicted octanol–water partition coefficient (Wildman–Crippen LogP) is 1.82. The molecule has 0 aliphatic carbocycles. The lowest BCUT2D eigenvalue weighted by Gasteiger charge is -2.19. The van der Waals surface area contributed by atoms with E-state index in [0.717, 1.165) is 24.3 Å². The van der Waals surface area contributed by atoms with Gasteiger partial charge in [-0.2, -0.15) is 13.2 Å². The monoisotopic (exact) mass is 296 g/mol. The van der Waals surface area contributed by atoms with Crippen molar-refractivity contribution >= 4 is 5.91 Å². The van der Waals surface area contributed by atoms with Gasteiger partial charge in [0.25, 0.3) is 0 Å². The first-order valence-corrected chi connectivity index (χ1v) is 6.01. The van der Waals surface area contributed by atoms with Gasteiger partial charge in [0, 0.05) is 18.0 Å². The standard InChI is InChI=1S/C14H11F3N2O2/c15-14(16,17)12-3-1-11(2-4-12)13(20)19(21)9-10-5-7-18-8-6-10/h1-8,19H,9H2. The third-order valence-electron chi connectivity index (χ3n) is 2.84. The topological polar surface area (TPSA) is 57.5 Å². The number of hydrogen-bond acceptors (Lipinski definition) is 3. The molecule has 0 radical (unpaired) electrons. The van der Waals surface area contributed by atoms with E-state index in [0.29, 0.717) is 5.56 Å². The van der Waals surface area contributed by atoms with Crippen LogP contribution in [0, 0.1) is 5.21 Å². The number of aromatic nitrogens is 1. The molecule has 0 fully saturated rings. The fourth-order valence-electron chi connectivity index (χ4n) is 1.74. The molecule has 2 aromatic rings. The third kappa shape index (κ3) is 3.87. The van der Waals surface area contributed by atoms with Crippen molar-refractivity contribution in [2.45, 2.75) is 12.7 Å². The molecule has 0 spiro atoms. The minimum atomic E-state index is -4.47. The van der Waals surface area contributed by atoms with E-state index in [1.807, 2.05) is 0 Å². The van der Waals surface area contributed by atoms with Crippen LogP contribution in [0.4, 0.5) is 13.2 Å². The first-order valence-electron chi connectivity index (χ1n) is 6.01. The van der Waals surface area contributed by atoms with Gasteiger partial charge in [-0.15, -0.1) is 0 Å². The van der Waals surface area contributed by atoms with E-state index in [2.05, 4.69) is 4.98 Å². The fraction of sp³-hybridized carbons (Fsp3) is 0.143. The molecular weight excluding hydrogens is 285 g/mol. The zero-order valence-corrected chi connectivity index (χ0v) is 10.7. The average Bonchev–Trinajstić information content (AvgIpc) is 2.46. The van der Waals surface area contributed by atoms with Gasteiger partial charge in [-0.05, 0) is 36.4 Å². The molecule has 2 rings (SSSR count). The highest BCUT2D eigenvalue weighted by Gasteiger charge is 2.30. The maximum atomic E-state index is 12.4. The number of hydroxylamine groups is 2. The summed E-state index contributed by atoms with van der Waals surface area (Å²) in [6.45, 7) is -0.109. The Hall–Kier alpha value is -2.25. The highest BCUT2D eigenvalue weighted by Crippen LogP contribution is 2.28. The van der Waals surface area contributed by atoms with Gasteiger partial charge >= 0.3 is 12.1 Å². The Labute approximate surface area is 118 Å². The third-order valence-corrected chi connectivity index (χ3v) is 2.84. The van der Waals surface area contributed by atoms with Crippen LogP contribution in [0.3, 0.4) is 0 Å². The van der Waals surface area contributed by atoms with Crippen LogP contribution < -0.4 is 5.06 Å². The van der Waals surface area contributed by atoms with E-state index < -0.39 is 22.7 Å². The van der Waals surface area contributed by atoms with Crippen LogP contribution in [0.25, 0.3) is 0 Å². The van der Waals surface area contributed by atoms with Crippen molar-refractivity contribution in [3.8, 4) is 0 Å². The summed E-state index contributed by atoms with van der Waals surface area (Å²) in [5.74, 6) is -0.805. The minimum absolute atomic E-state index is 0.0537. The summed E-state index contributed by atoms with van der Waals surface area (Å²) >= 11 is 0. The predicted molar refractivity (Wildman–Crippen MR) is 68.0 cm³/mol. The summed E-state index contributed by atoms with van der Waals surface area (Å²) in [5, 5.41) is 11.1. The Morgan fingerprint density at radius 1 is 1.10 bits per heavy atom. The zero-order valence-electron chi connectivity index (χ0n) is 10.7. The van der Waals surface area contributed by atoms with Crippen molar-refractivity contribution in [1.29, 1.82) is 0 Å². The molecule has 1 aromatic heterocycles. The Kier molecular flexibility index (Phi) is 4.35. The molecule has 1 amide bonds. The molecule has 0 saturated heterocycles. The van der Waals surface area contributed by atoms with Crippen LogP contribution in [-0.4, -0.2) is 10.9 Å². The van der Waals surface area contributed by atoms with Crippen molar-refractivity contribution < 1.29 is 23.0 Å². The molecule has 1 N–H and O–H groups in total. The van der Waals surface area contributed by atoms with Crippen LogP contribution in [0.15, 0.2) is 48.8 Å². The highest BCUT2D eigenvalue weighted by molar-refractivity contribution is 5.87. The van der Waals surface area contributed by atoms with Crippen molar-refractivity contribution in [2.75, 3.05) is 0 Å². The zero-order chi connectivity index (χ0) is 15.5. The van der Waals surface area contributed by atoms with Crippen LogP contribution in [0.2, 0.25) is 0 Å². The first-order chi connectivity index (χ1) is 9.88. The van der Waals surface area contributed by atoms with Crippen LogP contribution in [0.5, 0.6) is 0 Å². The second-order valence-electron chi connectivity index (χ2n) is 4.36. The van der Waals surface area contributed by atoms with Gasteiger partial charge in [0.2, 0.25) is 0 Å². The van der Waals surface area contributed by atoms with E-state index in [1.54, 1.807) is 12.1 Å². The van der Waals surface area contributed by atoms with Gasteiger partial charge < -0.3 is 10.3 Å². The second-order valence-corrected chi connectivity index (χ2v) is 4.36. The lowest BCUT2D eigenvalue weighted by molar-refractivity contribution is -0.773. The number of hydrogen-bond donors (Lipinski definition) is 1. The number of quaternary nitrogens is 1. The van der Waals surface area contributed by atoms with E-state index in [4.69, 9.17) is 0 Å². The SMILES string of the molecule is O=C(c1ccc(C(F)(F)F)cc1)[NH+]([O-])Cc1ccncc1. The molecule has 0 aliphatic rings. The number of halogens is 3. The lowest BCUT2D eigenvalue weighted by Crippen LogP contribution is -3.08. The number of benzene rings is 1. The van der Waals surface area contributed by atoms with Crippen molar-refractivity contribution in [3.05, 3.63) is 70.7 Å². The minimum Gasteiger partial charge on any atom is -0.626 e. The maximum Gasteiger partial charge on any atom is 0.416 e. The van der Waals surface area contributed by atoms with Crippen molar-refractivity contribution in [3.63, 3.8) is 0 Å². The molecule has 0 aliphatic heterocycles. The number of nitrogens with one attached hydrogen (secondary N) is 1. The molecule has 110 valence electrons. The first kappa shape index (κ1) is 15.1. The Morgan fingerprint density at radius 2 is 1.67 bits per heavy atom. The number of alkyl halides is 3. The van der Waals surface area contributed by atoms with Crippen LogP contribution >= 0.6 is 0 Å². The largest absolute Gasteiger partial charge is 0.626 e. The van der Waals surface area contributed by atoms with Gasteiger partial charge in [-0.3, -0.25) is 4.98 Å². The molecule has 0 saturated carbocycles. The molecular formula is C14H11F3N2O2. The Bertz CT molecular complexity index is 612. The quantitative estimate of drug-likeness (QED) is 0.879. The number of rotatable bonds is 3. The molecule has 1 atom stereocenters.